The maximum absolute atomic E-state index is 6.07. The molecule has 0 fully saturated rings. The largest absolute Gasteiger partial charge is 0.370 e. The van der Waals surface area contributed by atoms with E-state index in [0.29, 0.717) is 18.4 Å². The van der Waals surface area contributed by atoms with E-state index in [0.717, 1.165) is 16.9 Å². The molecule has 3 N–H and O–H groups in total. The highest BCUT2D eigenvalue weighted by Gasteiger charge is 2.04. The summed E-state index contributed by atoms with van der Waals surface area (Å²) in [6.07, 6.45) is 5.46. The van der Waals surface area contributed by atoms with Crippen LogP contribution in [0.2, 0.25) is 0 Å². The minimum atomic E-state index is 0.404. The third-order valence-corrected chi connectivity index (χ3v) is 4.02. The molecule has 0 saturated heterocycles. The number of anilines is 1. The maximum Gasteiger partial charge on any atom is 0.193 e. The summed E-state index contributed by atoms with van der Waals surface area (Å²) in [6, 6.07) is 16.3. The summed E-state index contributed by atoms with van der Waals surface area (Å²) in [4.78, 5) is 8.59. The van der Waals surface area contributed by atoms with E-state index in [-0.39, 0.29) is 0 Å². The average Bonchev–Trinajstić information content (AvgIpc) is 3.15. The molecular weight excluding hydrogens is 310 g/mol. The number of nitrogens with two attached hydrogens (primary N) is 1. The summed E-state index contributed by atoms with van der Waals surface area (Å²) in [5.41, 5.74) is 10.4. The number of nitrogens with one attached hydrogen (secondary N) is 1. The molecule has 0 radical (unpaired) electrons. The molecule has 0 aliphatic carbocycles. The molecule has 0 unspecified atom stereocenters. The number of guanidine groups is 1. The van der Waals surface area contributed by atoms with Crippen LogP contribution in [0, 0.1) is 0 Å². The van der Waals surface area contributed by atoms with E-state index in [1.807, 2.05) is 47.2 Å². The van der Waals surface area contributed by atoms with Crippen LogP contribution in [0.4, 0.5) is 5.69 Å². The van der Waals surface area contributed by atoms with Crippen LogP contribution in [0.15, 0.2) is 72.2 Å². The van der Waals surface area contributed by atoms with Gasteiger partial charge in [-0.3, -0.25) is 0 Å². The van der Waals surface area contributed by atoms with E-state index in [2.05, 4.69) is 41.3 Å². The zero-order chi connectivity index (χ0) is 17.6. The van der Waals surface area contributed by atoms with Crippen molar-refractivity contribution >= 4 is 11.6 Å². The van der Waals surface area contributed by atoms with Crippen molar-refractivity contribution in [2.24, 2.45) is 10.7 Å². The Bertz CT molecular complexity index is 850. The van der Waals surface area contributed by atoms with E-state index >= 15 is 0 Å². The lowest BCUT2D eigenvalue weighted by atomic mass is 10.0. The van der Waals surface area contributed by atoms with Crippen LogP contribution in [0.25, 0.3) is 5.69 Å². The topological polar surface area (TPSA) is 68.2 Å². The van der Waals surface area contributed by atoms with Crippen molar-refractivity contribution in [1.29, 1.82) is 0 Å². The van der Waals surface area contributed by atoms with Crippen LogP contribution in [-0.2, 0) is 6.54 Å². The van der Waals surface area contributed by atoms with Gasteiger partial charge in [-0.1, -0.05) is 44.2 Å². The predicted molar refractivity (Wildman–Crippen MR) is 103 cm³/mol. The molecule has 2 aromatic carbocycles. The highest BCUT2D eigenvalue weighted by molar-refractivity contribution is 5.92. The van der Waals surface area contributed by atoms with Gasteiger partial charge in [0.05, 0.1) is 18.6 Å². The zero-order valence-corrected chi connectivity index (χ0v) is 14.6. The molecular formula is C20H23N5. The fraction of sp³-hybridized carbons (Fsp3) is 0.200. The molecule has 5 heteroatoms. The van der Waals surface area contributed by atoms with Gasteiger partial charge in [-0.05, 0) is 35.2 Å². The quantitative estimate of drug-likeness (QED) is 0.549. The molecule has 1 aromatic heterocycles. The lowest BCUT2D eigenvalue weighted by Crippen LogP contribution is -2.22. The molecule has 0 saturated carbocycles. The summed E-state index contributed by atoms with van der Waals surface area (Å²) in [7, 11) is 0. The zero-order valence-electron chi connectivity index (χ0n) is 14.6. The summed E-state index contributed by atoms with van der Waals surface area (Å²) in [6.45, 7) is 4.84. The fourth-order valence-electron chi connectivity index (χ4n) is 2.63. The number of aliphatic imine (C=N–C) groups is 1. The first kappa shape index (κ1) is 16.8. The average molecular weight is 333 g/mol. The molecule has 128 valence electrons. The van der Waals surface area contributed by atoms with Gasteiger partial charge in [0.2, 0.25) is 0 Å². The Kier molecular flexibility index (Phi) is 5.14. The Balaban J connectivity index is 1.73. The molecule has 1 heterocycles. The molecule has 0 amide bonds. The Morgan fingerprint density at radius 3 is 2.80 bits per heavy atom. The van der Waals surface area contributed by atoms with E-state index in [9.17, 15) is 0 Å². The molecule has 5 nitrogen and oxygen atoms in total. The summed E-state index contributed by atoms with van der Waals surface area (Å²) < 4.78 is 1.97. The molecule has 3 rings (SSSR count). The summed E-state index contributed by atoms with van der Waals surface area (Å²) in [5.74, 6) is 0.878. The minimum absolute atomic E-state index is 0.404. The second-order valence-electron chi connectivity index (χ2n) is 6.21. The number of rotatable bonds is 5. The van der Waals surface area contributed by atoms with Crippen molar-refractivity contribution in [3.05, 3.63) is 78.4 Å². The van der Waals surface area contributed by atoms with Crippen LogP contribution in [0.5, 0.6) is 0 Å². The normalized spacial score (nSPS) is 11.7. The van der Waals surface area contributed by atoms with Gasteiger partial charge in [0.25, 0.3) is 0 Å². The van der Waals surface area contributed by atoms with E-state index in [1.165, 1.54) is 5.56 Å². The van der Waals surface area contributed by atoms with Gasteiger partial charge in [-0.15, -0.1) is 0 Å². The molecule has 0 bridgehead atoms. The summed E-state index contributed by atoms with van der Waals surface area (Å²) >= 11 is 0. The van der Waals surface area contributed by atoms with Crippen molar-refractivity contribution in [2.75, 3.05) is 5.32 Å². The van der Waals surface area contributed by atoms with Crippen molar-refractivity contribution in [1.82, 2.24) is 9.55 Å². The number of benzene rings is 2. The van der Waals surface area contributed by atoms with Gasteiger partial charge in [-0.25, -0.2) is 9.98 Å². The number of hydrogen-bond donors (Lipinski definition) is 2. The fourth-order valence-corrected chi connectivity index (χ4v) is 2.63. The second kappa shape index (κ2) is 7.66. The van der Waals surface area contributed by atoms with Crippen molar-refractivity contribution in [3.8, 4) is 5.69 Å². The standard InChI is InChI=1S/C20H23N5/c1-15(2)16-7-5-8-18(12-16)24-20(21)23-13-17-6-3-4-9-19(17)25-11-10-22-14-25/h3-12,14-15H,13H2,1-2H3,(H3,21,23,24). The highest BCUT2D eigenvalue weighted by atomic mass is 15.1. The Morgan fingerprint density at radius 1 is 1.20 bits per heavy atom. The Morgan fingerprint density at radius 2 is 2.04 bits per heavy atom. The van der Waals surface area contributed by atoms with Gasteiger partial charge < -0.3 is 15.6 Å². The van der Waals surface area contributed by atoms with Crippen LogP contribution < -0.4 is 11.1 Å². The Labute approximate surface area is 148 Å². The van der Waals surface area contributed by atoms with Crippen LogP contribution in [0.1, 0.15) is 30.9 Å². The maximum atomic E-state index is 6.07. The number of hydrogen-bond acceptors (Lipinski definition) is 2. The monoisotopic (exact) mass is 333 g/mol. The molecule has 25 heavy (non-hydrogen) atoms. The first-order chi connectivity index (χ1) is 12.1. The van der Waals surface area contributed by atoms with Gasteiger partial charge in [0, 0.05) is 18.1 Å². The van der Waals surface area contributed by atoms with Gasteiger partial charge in [-0.2, -0.15) is 0 Å². The first-order valence-electron chi connectivity index (χ1n) is 8.36. The Hall–Kier alpha value is -3.08. The smallest absolute Gasteiger partial charge is 0.193 e. The van der Waals surface area contributed by atoms with E-state index < -0.39 is 0 Å². The first-order valence-corrected chi connectivity index (χ1v) is 8.36. The molecule has 0 aliphatic heterocycles. The molecule has 0 atom stereocenters. The number of nitrogens with zero attached hydrogens (tertiary/aromatic N) is 3. The van der Waals surface area contributed by atoms with Crippen LogP contribution in [0.3, 0.4) is 0 Å². The lowest BCUT2D eigenvalue weighted by Gasteiger charge is -2.11. The third kappa shape index (κ3) is 4.26. The van der Waals surface area contributed by atoms with Gasteiger partial charge in [0.1, 0.15) is 0 Å². The van der Waals surface area contributed by atoms with Crippen molar-refractivity contribution in [3.63, 3.8) is 0 Å². The molecule has 0 spiro atoms. The number of para-hydroxylation sites is 1. The van der Waals surface area contributed by atoms with E-state index in [1.54, 1.807) is 12.5 Å². The van der Waals surface area contributed by atoms with Gasteiger partial charge >= 0.3 is 0 Å². The number of imidazole rings is 1. The van der Waals surface area contributed by atoms with Crippen LogP contribution in [-0.4, -0.2) is 15.5 Å². The van der Waals surface area contributed by atoms with E-state index in [4.69, 9.17) is 5.73 Å². The molecule has 0 aliphatic rings. The SMILES string of the molecule is CC(C)c1cccc(NC(N)=NCc2ccccc2-n2ccnc2)c1. The molecule has 3 aromatic rings. The third-order valence-electron chi connectivity index (χ3n) is 4.02. The minimum Gasteiger partial charge on any atom is -0.370 e. The van der Waals surface area contributed by atoms with Crippen molar-refractivity contribution in [2.45, 2.75) is 26.3 Å². The van der Waals surface area contributed by atoms with Gasteiger partial charge in [0.15, 0.2) is 5.96 Å². The second-order valence-corrected chi connectivity index (χ2v) is 6.21. The number of aromatic nitrogens is 2. The van der Waals surface area contributed by atoms with Crippen LogP contribution >= 0.6 is 0 Å². The predicted octanol–water partition coefficient (Wildman–Crippen LogP) is 3.92. The van der Waals surface area contributed by atoms with Crippen molar-refractivity contribution < 1.29 is 0 Å². The highest BCUT2D eigenvalue weighted by Crippen LogP contribution is 2.19. The summed E-state index contributed by atoms with van der Waals surface area (Å²) in [5, 5.41) is 3.17. The lowest BCUT2D eigenvalue weighted by molar-refractivity contribution is 0.867.